The molecule has 0 radical (unpaired) electrons. The molecule has 21 heavy (non-hydrogen) atoms. The molecule has 0 saturated carbocycles. The molecule has 1 aromatic heterocycles. The van der Waals surface area contributed by atoms with Crippen LogP contribution in [-0.2, 0) is 0 Å². The highest BCUT2D eigenvalue weighted by atomic mass is 79.9. The second-order valence-corrected chi connectivity index (χ2v) is 6.05. The average molecular weight is 358 g/mol. The third-order valence-electron chi connectivity index (χ3n) is 3.69. The summed E-state index contributed by atoms with van der Waals surface area (Å²) in [6, 6.07) is 2.88. The zero-order valence-corrected chi connectivity index (χ0v) is 13.0. The van der Waals surface area contributed by atoms with Crippen LogP contribution in [0.4, 0.5) is 8.78 Å². The van der Waals surface area contributed by atoms with Gasteiger partial charge in [-0.3, -0.25) is 0 Å². The van der Waals surface area contributed by atoms with Crippen molar-refractivity contribution in [2.75, 3.05) is 6.54 Å². The van der Waals surface area contributed by atoms with Crippen molar-refractivity contribution in [3.05, 3.63) is 34.1 Å². The quantitative estimate of drug-likeness (QED) is 0.833. The lowest BCUT2D eigenvalue weighted by Crippen LogP contribution is -2.34. The largest absolute Gasteiger partial charge is 0.339 e. The van der Waals surface area contributed by atoms with Crippen LogP contribution in [0.25, 0.3) is 11.4 Å². The van der Waals surface area contributed by atoms with Crippen LogP contribution in [-0.4, -0.2) is 22.7 Å². The molecule has 7 heteroatoms. The van der Waals surface area contributed by atoms with Crippen molar-refractivity contribution in [2.45, 2.75) is 31.7 Å². The van der Waals surface area contributed by atoms with Gasteiger partial charge in [-0.05, 0) is 54.4 Å². The number of rotatable bonds is 2. The molecule has 3 rings (SSSR count). The first-order chi connectivity index (χ1) is 10.1. The molecule has 2 atom stereocenters. The van der Waals surface area contributed by atoms with Gasteiger partial charge >= 0.3 is 0 Å². The Labute approximate surface area is 129 Å². The minimum Gasteiger partial charge on any atom is -0.339 e. The lowest BCUT2D eigenvalue weighted by molar-refractivity contribution is 0.295. The van der Waals surface area contributed by atoms with E-state index in [4.69, 9.17) is 4.52 Å². The third kappa shape index (κ3) is 2.85. The van der Waals surface area contributed by atoms with E-state index in [1.54, 1.807) is 0 Å². The van der Waals surface area contributed by atoms with Crippen molar-refractivity contribution in [3.8, 4) is 11.4 Å². The standard InChI is InChI=1S/C14H14BrF2N3O/c1-7-6-8(4-5-18-7)14-19-13(20-21-14)9-2-3-10(16)12(17)11(9)15/h2-3,7-8,18H,4-6H2,1H3. The minimum atomic E-state index is -0.950. The predicted octanol–water partition coefficient (Wildman–Crippen LogP) is 3.63. The molecule has 0 aliphatic carbocycles. The van der Waals surface area contributed by atoms with Crippen molar-refractivity contribution in [1.29, 1.82) is 0 Å². The second kappa shape index (κ2) is 5.81. The van der Waals surface area contributed by atoms with E-state index in [2.05, 4.69) is 38.3 Å². The van der Waals surface area contributed by atoms with Gasteiger partial charge in [0.1, 0.15) is 0 Å². The van der Waals surface area contributed by atoms with Gasteiger partial charge in [0, 0.05) is 17.5 Å². The van der Waals surface area contributed by atoms with Crippen molar-refractivity contribution in [1.82, 2.24) is 15.5 Å². The fourth-order valence-corrected chi connectivity index (χ4v) is 3.06. The summed E-state index contributed by atoms with van der Waals surface area (Å²) in [5.74, 6) is -0.848. The van der Waals surface area contributed by atoms with Gasteiger partial charge in [-0.15, -0.1) is 0 Å². The molecule has 2 heterocycles. The number of nitrogens with one attached hydrogen (secondary N) is 1. The number of hydrogen-bond acceptors (Lipinski definition) is 4. The summed E-state index contributed by atoms with van der Waals surface area (Å²) in [4.78, 5) is 4.35. The van der Waals surface area contributed by atoms with E-state index in [-0.39, 0.29) is 16.2 Å². The van der Waals surface area contributed by atoms with Crippen molar-refractivity contribution in [2.24, 2.45) is 0 Å². The van der Waals surface area contributed by atoms with Gasteiger partial charge in [0.25, 0.3) is 0 Å². The molecule has 1 fully saturated rings. The normalized spacial score (nSPS) is 22.5. The Bertz CT molecular complexity index is 662. The van der Waals surface area contributed by atoms with E-state index in [9.17, 15) is 8.78 Å². The van der Waals surface area contributed by atoms with E-state index < -0.39 is 11.6 Å². The van der Waals surface area contributed by atoms with Crippen molar-refractivity contribution < 1.29 is 13.3 Å². The van der Waals surface area contributed by atoms with Gasteiger partial charge < -0.3 is 9.84 Å². The van der Waals surface area contributed by atoms with Gasteiger partial charge in [0.15, 0.2) is 11.6 Å². The number of hydrogen-bond donors (Lipinski definition) is 1. The number of nitrogens with zero attached hydrogens (tertiary/aromatic N) is 2. The molecule has 1 saturated heterocycles. The summed E-state index contributed by atoms with van der Waals surface area (Å²) in [6.07, 6.45) is 1.84. The summed E-state index contributed by atoms with van der Waals surface area (Å²) in [6.45, 7) is 3.01. The third-order valence-corrected chi connectivity index (χ3v) is 4.47. The van der Waals surface area contributed by atoms with Gasteiger partial charge in [0.05, 0.1) is 4.47 Å². The second-order valence-electron chi connectivity index (χ2n) is 5.26. The first-order valence-electron chi connectivity index (χ1n) is 6.77. The maximum Gasteiger partial charge on any atom is 0.230 e. The van der Waals surface area contributed by atoms with Gasteiger partial charge in [-0.2, -0.15) is 4.98 Å². The maximum absolute atomic E-state index is 13.6. The zero-order valence-electron chi connectivity index (χ0n) is 11.4. The first kappa shape index (κ1) is 14.6. The van der Waals surface area contributed by atoms with E-state index in [1.165, 1.54) is 6.07 Å². The minimum absolute atomic E-state index is 0.00790. The maximum atomic E-state index is 13.6. The number of aromatic nitrogens is 2. The summed E-state index contributed by atoms with van der Waals surface area (Å²) in [5, 5.41) is 7.25. The Kier molecular flexibility index (Phi) is 4.03. The van der Waals surface area contributed by atoms with Gasteiger partial charge in [-0.25, -0.2) is 8.78 Å². The van der Waals surface area contributed by atoms with E-state index in [0.717, 1.165) is 25.5 Å². The van der Waals surface area contributed by atoms with Crippen LogP contribution in [0, 0.1) is 11.6 Å². The van der Waals surface area contributed by atoms with Crippen LogP contribution < -0.4 is 5.32 Å². The monoisotopic (exact) mass is 357 g/mol. The molecule has 2 aromatic rings. The molecule has 112 valence electrons. The fraction of sp³-hybridized carbons (Fsp3) is 0.429. The van der Waals surface area contributed by atoms with Crippen LogP contribution >= 0.6 is 15.9 Å². The molecule has 1 N–H and O–H groups in total. The highest BCUT2D eigenvalue weighted by molar-refractivity contribution is 9.10. The topological polar surface area (TPSA) is 51.0 Å². The fourth-order valence-electron chi connectivity index (χ4n) is 2.57. The highest BCUT2D eigenvalue weighted by Crippen LogP contribution is 2.32. The first-order valence-corrected chi connectivity index (χ1v) is 7.56. The molecule has 4 nitrogen and oxygen atoms in total. The lowest BCUT2D eigenvalue weighted by atomic mass is 9.93. The van der Waals surface area contributed by atoms with Gasteiger partial charge in [-0.1, -0.05) is 5.16 Å². The predicted molar refractivity (Wildman–Crippen MR) is 76.8 cm³/mol. The molecule has 0 bridgehead atoms. The Balaban J connectivity index is 1.90. The average Bonchev–Trinajstić information content (AvgIpc) is 2.94. The zero-order chi connectivity index (χ0) is 15.0. The molecule has 2 unspecified atom stereocenters. The highest BCUT2D eigenvalue weighted by Gasteiger charge is 2.26. The van der Waals surface area contributed by atoms with Crippen molar-refractivity contribution >= 4 is 15.9 Å². The van der Waals surface area contributed by atoms with Crippen LogP contribution in [0.5, 0.6) is 0 Å². The Hall–Kier alpha value is -1.34. The van der Waals surface area contributed by atoms with E-state index in [1.807, 2.05) is 0 Å². The summed E-state index contributed by atoms with van der Waals surface area (Å²) >= 11 is 3.04. The molecule has 1 aliphatic rings. The number of piperidine rings is 1. The molecule has 0 amide bonds. The number of benzene rings is 1. The lowest BCUT2D eigenvalue weighted by Gasteiger charge is -2.25. The smallest absolute Gasteiger partial charge is 0.230 e. The molecule has 1 aliphatic heterocycles. The molecule has 1 aromatic carbocycles. The summed E-state index contributed by atoms with van der Waals surface area (Å²) in [7, 11) is 0. The Morgan fingerprint density at radius 3 is 2.95 bits per heavy atom. The SMILES string of the molecule is CC1CC(c2nc(-c3ccc(F)c(F)c3Br)no2)CCN1. The van der Waals surface area contributed by atoms with Crippen LogP contribution in [0.3, 0.4) is 0 Å². The Morgan fingerprint density at radius 1 is 1.38 bits per heavy atom. The van der Waals surface area contributed by atoms with E-state index >= 15 is 0 Å². The van der Waals surface area contributed by atoms with Crippen LogP contribution in [0.2, 0.25) is 0 Å². The van der Waals surface area contributed by atoms with Gasteiger partial charge in [0.2, 0.25) is 11.7 Å². The van der Waals surface area contributed by atoms with Crippen molar-refractivity contribution in [3.63, 3.8) is 0 Å². The number of halogens is 3. The van der Waals surface area contributed by atoms with Crippen LogP contribution in [0.1, 0.15) is 31.6 Å². The molecule has 0 spiro atoms. The summed E-state index contributed by atoms with van der Waals surface area (Å²) in [5.41, 5.74) is 0.380. The summed E-state index contributed by atoms with van der Waals surface area (Å²) < 4.78 is 32.0. The molecular weight excluding hydrogens is 344 g/mol. The Morgan fingerprint density at radius 2 is 2.19 bits per heavy atom. The molecular formula is C14H14BrF2N3O. The van der Waals surface area contributed by atoms with E-state index in [0.29, 0.717) is 17.5 Å². The van der Waals surface area contributed by atoms with Crippen LogP contribution in [0.15, 0.2) is 21.1 Å².